The molecule has 0 fully saturated rings. The Morgan fingerprint density at radius 2 is 2.13 bits per heavy atom. The number of Topliss-reactive ketones (excluding diaryl/α,β-unsaturated/α-hetero) is 1. The maximum Gasteiger partial charge on any atom is 0.217 e. The molecule has 0 bridgehead atoms. The smallest absolute Gasteiger partial charge is 0.217 e. The molecule has 15 heavy (non-hydrogen) atoms. The summed E-state index contributed by atoms with van der Waals surface area (Å²) in [5, 5.41) is 2.45. The number of benzene rings is 1. The first-order chi connectivity index (χ1) is 7.13. The number of hydrogen-bond donors (Lipinski definition) is 1. The summed E-state index contributed by atoms with van der Waals surface area (Å²) in [5.41, 5.74) is 0.531. The second-order valence-electron chi connectivity index (χ2n) is 3.06. The van der Waals surface area contributed by atoms with E-state index in [2.05, 4.69) is 5.32 Å². The van der Waals surface area contributed by atoms with Gasteiger partial charge in [0.1, 0.15) is 5.75 Å². The van der Waals surface area contributed by atoms with Crippen LogP contribution in [0.25, 0.3) is 0 Å². The lowest BCUT2D eigenvalue weighted by atomic mass is 10.1. The van der Waals surface area contributed by atoms with Crippen molar-refractivity contribution in [2.75, 3.05) is 13.7 Å². The molecule has 0 unspecified atom stereocenters. The van der Waals surface area contributed by atoms with Crippen LogP contribution in [-0.4, -0.2) is 25.3 Å². The van der Waals surface area contributed by atoms with Crippen molar-refractivity contribution in [3.8, 4) is 5.75 Å². The molecule has 4 heteroatoms. The van der Waals surface area contributed by atoms with Gasteiger partial charge in [-0.3, -0.25) is 9.59 Å². The number of carbonyl (C=O) groups excluding carboxylic acids is 2. The molecule has 4 nitrogen and oxygen atoms in total. The first kappa shape index (κ1) is 11.2. The zero-order chi connectivity index (χ0) is 11.3. The fourth-order valence-corrected chi connectivity index (χ4v) is 1.10. The summed E-state index contributed by atoms with van der Waals surface area (Å²) >= 11 is 0. The van der Waals surface area contributed by atoms with Crippen molar-refractivity contribution in [3.63, 3.8) is 0 Å². The fourth-order valence-electron chi connectivity index (χ4n) is 1.10. The molecular formula is C11H13NO3. The first-order valence-corrected chi connectivity index (χ1v) is 4.55. The van der Waals surface area contributed by atoms with Crippen molar-refractivity contribution in [1.29, 1.82) is 0 Å². The van der Waals surface area contributed by atoms with Crippen LogP contribution in [-0.2, 0) is 4.79 Å². The van der Waals surface area contributed by atoms with Gasteiger partial charge >= 0.3 is 0 Å². The monoisotopic (exact) mass is 207 g/mol. The average molecular weight is 207 g/mol. The first-order valence-electron chi connectivity index (χ1n) is 4.55. The number of nitrogens with one attached hydrogen (secondary N) is 1. The number of rotatable bonds is 4. The molecule has 1 aromatic carbocycles. The van der Waals surface area contributed by atoms with Crippen molar-refractivity contribution in [2.24, 2.45) is 0 Å². The highest BCUT2D eigenvalue weighted by Gasteiger charge is 2.06. The van der Waals surface area contributed by atoms with Crippen LogP contribution in [0.4, 0.5) is 0 Å². The van der Waals surface area contributed by atoms with Crippen LogP contribution in [0.1, 0.15) is 17.3 Å². The van der Waals surface area contributed by atoms with E-state index in [-0.39, 0.29) is 18.2 Å². The van der Waals surface area contributed by atoms with Gasteiger partial charge in [-0.2, -0.15) is 0 Å². The van der Waals surface area contributed by atoms with E-state index in [0.29, 0.717) is 11.3 Å². The Kier molecular flexibility index (Phi) is 3.85. The molecule has 0 aliphatic rings. The Labute approximate surface area is 88.2 Å². The van der Waals surface area contributed by atoms with Crippen molar-refractivity contribution < 1.29 is 14.3 Å². The highest BCUT2D eigenvalue weighted by molar-refractivity contribution is 5.99. The molecule has 0 aliphatic carbocycles. The van der Waals surface area contributed by atoms with Gasteiger partial charge in [0.05, 0.1) is 13.7 Å². The Balaban J connectivity index is 2.69. The molecule has 0 saturated heterocycles. The number of ketones is 1. The predicted molar refractivity (Wildman–Crippen MR) is 56.0 cm³/mol. The van der Waals surface area contributed by atoms with Gasteiger partial charge in [0.25, 0.3) is 0 Å². The van der Waals surface area contributed by atoms with Crippen molar-refractivity contribution >= 4 is 11.7 Å². The SMILES string of the molecule is COc1cccc(C(=O)CNC(C)=O)c1. The van der Waals surface area contributed by atoms with Crippen LogP contribution in [0.15, 0.2) is 24.3 Å². The van der Waals surface area contributed by atoms with E-state index in [4.69, 9.17) is 4.74 Å². The molecule has 0 saturated carbocycles. The topological polar surface area (TPSA) is 55.4 Å². The van der Waals surface area contributed by atoms with E-state index < -0.39 is 0 Å². The van der Waals surface area contributed by atoms with Gasteiger partial charge in [0.15, 0.2) is 5.78 Å². The maximum absolute atomic E-state index is 11.5. The summed E-state index contributed by atoms with van der Waals surface area (Å²) in [6.45, 7) is 1.39. The molecule has 0 spiro atoms. The van der Waals surface area contributed by atoms with Gasteiger partial charge in [-0.05, 0) is 12.1 Å². The highest BCUT2D eigenvalue weighted by Crippen LogP contribution is 2.12. The lowest BCUT2D eigenvalue weighted by Gasteiger charge is -2.04. The Bertz CT molecular complexity index is 374. The summed E-state index contributed by atoms with van der Waals surface area (Å²) < 4.78 is 4.99. The molecule has 0 radical (unpaired) electrons. The van der Waals surface area contributed by atoms with E-state index in [0.717, 1.165) is 0 Å². The predicted octanol–water partition coefficient (Wildman–Crippen LogP) is 1.01. The number of ether oxygens (including phenoxy) is 1. The Morgan fingerprint density at radius 1 is 1.40 bits per heavy atom. The minimum absolute atomic E-state index is 0.0164. The van der Waals surface area contributed by atoms with Crippen LogP contribution < -0.4 is 10.1 Å². The maximum atomic E-state index is 11.5. The molecule has 1 amide bonds. The molecule has 1 aromatic rings. The number of hydrogen-bond acceptors (Lipinski definition) is 3. The summed E-state index contributed by atoms with van der Waals surface area (Å²) in [6.07, 6.45) is 0. The van der Waals surface area contributed by atoms with Gasteiger partial charge in [-0.15, -0.1) is 0 Å². The van der Waals surface area contributed by atoms with Gasteiger partial charge < -0.3 is 10.1 Å². The normalized spacial score (nSPS) is 9.47. The van der Waals surface area contributed by atoms with E-state index in [1.54, 1.807) is 24.3 Å². The third kappa shape index (κ3) is 3.42. The fraction of sp³-hybridized carbons (Fsp3) is 0.273. The third-order valence-electron chi connectivity index (χ3n) is 1.89. The molecule has 1 rings (SSSR count). The molecule has 80 valence electrons. The molecule has 0 aliphatic heterocycles. The van der Waals surface area contributed by atoms with Crippen molar-refractivity contribution in [2.45, 2.75) is 6.92 Å². The number of carbonyl (C=O) groups is 2. The summed E-state index contributed by atoms with van der Waals surface area (Å²) in [4.78, 5) is 22.2. The Hall–Kier alpha value is -1.84. The van der Waals surface area contributed by atoms with E-state index in [9.17, 15) is 9.59 Å². The quantitative estimate of drug-likeness (QED) is 0.750. The van der Waals surface area contributed by atoms with Gasteiger partial charge in [0, 0.05) is 12.5 Å². The van der Waals surface area contributed by atoms with Crippen molar-refractivity contribution in [1.82, 2.24) is 5.32 Å². The summed E-state index contributed by atoms with van der Waals surface area (Å²) in [6, 6.07) is 6.83. The zero-order valence-electron chi connectivity index (χ0n) is 8.74. The van der Waals surface area contributed by atoms with Gasteiger partial charge in [0.2, 0.25) is 5.91 Å². The van der Waals surface area contributed by atoms with Gasteiger partial charge in [-0.1, -0.05) is 12.1 Å². The summed E-state index contributed by atoms with van der Waals surface area (Å²) in [5.74, 6) is 0.277. The van der Waals surface area contributed by atoms with Crippen LogP contribution in [0.3, 0.4) is 0 Å². The highest BCUT2D eigenvalue weighted by atomic mass is 16.5. The second-order valence-corrected chi connectivity index (χ2v) is 3.06. The standard InChI is InChI=1S/C11H13NO3/c1-8(13)12-7-11(14)9-4-3-5-10(6-9)15-2/h3-6H,7H2,1-2H3,(H,12,13). The summed E-state index contributed by atoms with van der Waals surface area (Å²) in [7, 11) is 1.54. The molecular weight excluding hydrogens is 194 g/mol. The van der Waals surface area contributed by atoms with Gasteiger partial charge in [-0.25, -0.2) is 0 Å². The largest absolute Gasteiger partial charge is 0.497 e. The molecule has 0 aromatic heterocycles. The van der Waals surface area contributed by atoms with Crippen LogP contribution in [0.5, 0.6) is 5.75 Å². The van der Waals surface area contributed by atoms with E-state index in [1.807, 2.05) is 0 Å². The Morgan fingerprint density at radius 3 is 2.73 bits per heavy atom. The molecule has 0 atom stereocenters. The molecule has 1 N–H and O–H groups in total. The van der Waals surface area contributed by atoms with Crippen LogP contribution in [0.2, 0.25) is 0 Å². The molecule has 0 heterocycles. The second kappa shape index (κ2) is 5.14. The van der Waals surface area contributed by atoms with Crippen LogP contribution in [0, 0.1) is 0 Å². The minimum atomic E-state index is -0.216. The van der Waals surface area contributed by atoms with E-state index in [1.165, 1.54) is 14.0 Å². The lowest BCUT2D eigenvalue weighted by molar-refractivity contribution is -0.118. The minimum Gasteiger partial charge on any atom is -0.497 e. The number of amides is 1. The van der Waals surface area contributed by atoms with Crippen molar-refractivity contribution in [3.05, 3.63) is 29.8 Å². The third-order valence-corrected chi connectivity index (χ3v) is 1.89. The lowest BCUT2D eigenvalue weighted by Crippen LogP contribution is -2.27. The van der Waals surface area contributed by atoms with E-state index >= 15 is 0 Å². The zero-order valence-corrected chi connectivity index (χ0v) is 8.74. The average Bonchev–Trinajstić information content (AvgIpc) is 2.26. The van der Waals surface area contributed by atoms with Crippen LogP contribution >= 0.6 is 0 Å². The number of methoxy groups -OCH3 is 1.